The van der Waals surface area contributed by atoms with Crippen LogP contribution in [0.1, 0.15) is 36.8 Å². The zero-order valence-corrected chi connectivity index (χ0v) is 13.3. The molecule has 0 aromatic heterocycles. The van der Waals surface area contributed by atoms with Gasteiger partial charge in [0.25, 0.3) is 5.91 Å². The van der Waals surface area contributed by atoms with Crippen molar-refractivity contribution < 1.29 is 9.18 Å². The summed E-state index contributed by atoms with van der Waals surface area (Å²) in [7, 11) is 0. The van der Waals surface area contributed by atoms with Gasteiger partial charge in [0.2, 0.25) is 0 Å². The van der Waals surface area contributed by atoms with Crippen LogP contribution in [0.15, 0.2) is 24.3 Å². The van der Waals surface area contributed by atoms with Gasteiger partial charge in [0, 0.05) is 45.6 Å². The van der Waals surface area contributed by atoms with E-state index in [1.807, 2.05) is 18.2 Å². The smallest absolute Gasteiger partial charge is 0.260 e. The van der Waals surface area contributed by atoms with Gasteiger partial charge < -0.3 is 4.90 Å². The van der Waals surface area contributed by atoms with E-state index in [1.165, 1.54) is 0 Å². The average molecular weight is 315 g/mol. The van der Waals surface area contributed by atoms with Crippen LogP contribution in [0, 0.1) is 11.3 Å². The van der Waals surface area contributed by atoms with E-state index < -0.39 is 5.67 Å². The van der Waals surface area contributed by atoms with Gasteiger partial charge in [-0.05, 0) is 30.5 Å². The van der Waals surface area contributed by atoms with Crippen LogP contribution in [0.4, 0.5) is 4.39 Å². The van der Waals surface area contributed by atoms with Crippen molar-refractivity contribution in [3.8, 4) is 6.07 Å². The Morgan fingerprint density at radius 2 is 1.91 bits per heavy atom. The van der Waals surface area contributed by atoms with Gasteiger partial charge in [0.15, 0.2) is 5.67 Å². The summed E-state index contributed by atoms with van der Waals surface area (Å²) in [5, 5.41) is 8.95. The van der Waals surface area contributed by atoms with Crippen LogP contribution in [0.25, 0.3) is 0 Å². The molecule has 0 radical (unpaired) electrons. The van der Waals surface area contributed by atoms with Crippen molar-refractivity contribution in [2.45, 2.75) is 37.9 Å². The van der Waals surface area contributed by atoms with Crippen LogP contribution in [0.3, 0.4) is 0 Å². The van der Waals surface area contributed by atoms with Crippen LogP contribution < -0.4 is 0 Å². The standard InChI is InChI=1S/C18H22FN3O/c19-18(17(23)22-8-1-2-9-22)6-10-21(11-7-18)14-16-5-3-4-15(12-16)13-20/h3-5,12H,1-2,6-11,14H2. The lowest BCUT2D eigenvalue weighted by molar-refractivity contribution is -0.146. The largest absolute Gasteiger partial charge is 0.340 e. The van der Waals surface area contributed by atoms with Crippen molar-refractivity contribution in [3.63, 3.8) is 0 Å². The molecule has 2 fully saturated rings. The highest BCUT2D eigenvalue weighted by molar-refractivity contribution is 5.85. The summed E-state index contributed by atoms with van der Waals surface area (Å²) in [5.74, 6) is -0.305. The average Bonchev–Trinajstić information content (AvgIpc) is 3.11. The molecule has 2 aliphatic rings. The lowest BCUT2D eigenvalue weighted by Crippen LogP contribution is -2.51. The van der Waals surface area contributed by atoms with Gasteiger partial charge in [-0.15, -0.1) is 0 Å². The third-order valence-electron chi connectivity index (χ3n) is 4.89. The molecule has 3 rings (SSSR count). The zero-order valence-electron chi connectivity index (χ0n) is 13.3. The van der Waals surface area contributed by atoms with Gasteiger partial charge in [0.05, 0.1) is 11.6 Å². The molecule has 0 N–H and O–H groups in total. The second-order valence-corrected chi connectivity index (χ2v) is 6.55. The number of rotatable bonds is 3. The summed E-state index contributed by atoms with van der Waals surface area (Å²) in [6.07, 6.45) is 2.51. The number of nitrogens with zero attached hydrogens (tertiary/aromatic N) is 3. The molecule has 2 aliphatic heterocycles. The highest BCUT2D eigenvalue weighted by Crippen LogP contribution is 2.30. The maximum Gasteiger partial charge on any atom is 0.260 e. The molecule has 5 heteroatoms. The van der Waals surface area contributed by atoms with Crippen molar-refractivity contribution in [2.75, 3.05) is 26.2 Å². The van der Waals surface area contributed by atoms with E-state index in [1.54, 1.807) is 11.0 Å². The third kappa shape index (κ3) is 3.53. The van der Waals surface area contributed by atoms with E-state index in [4.69, 9.17) is 5.26 Å². The first-order valence-electron chi connectivity index (χ1n) is 8.30. The minimum atomic E-state index is -1.69. The summed E-state index contributed by atoms with van der Waals surface area (Å²) in [4.78, 5) is 16.2. The van der Waals surface area contributed by atoms with Crippen molar-refractivity contribution in [3.05, 3.63) is 35.4 Å². The normalized spacial score (nSPS) is 21.1. The van der Waals surface area contributed by atoms with Gasteiger partial charge in [-0.1, -0.05) is 12.1 Å². The summed E-state index contributed by atoms with van der Waals surface area (Å²) in [6, 6.07) is 9.63. The van der Waals surface area contributed by atoms with Crippen LogP contribution in [0.5, 0.6) is 0 Å². The minimum Gasteiger partial charge on any atom is -0.340 e. The number of carbonyl (C=O) groups is 1. The Morgan fingerprint density at radius 3 is 2.57 bits per heavy atom. The minimum absolute atomic E-state index is 0.264. The maximum atomic E-state index is 15.0. The Morgan fingerprint density at radius 1 is 1.22 bits per heavy atom. The Bertz CT molecular complexity index is 611. The Balaban J connectivity index is 1.57. The van der Waals surface area contributed by atoms with Gasteiger partial charge in [-0.25, -0.2) is 4.39 Å². The quantitative estimate of drug-likeness (QED) is 0.861. The molecule has 0 bridgehead atoms. The third-order valence-corrected chi connectivity index (χ3v) is 4.89. The summed E-state index contributed by atoms with van der Waals surface area (Å²) in [5.41, 5.74) is 0.0137. The Kier molecular flexibility index (Phi) is 4.63. The molecule has 0 aliphatic carbocycles. The molecule has 2 heterocycles. The molecule has 0 atom stereocenters. The first-order valence-corrected chi connectivity index (χ1v) is 8.30. The topological polar surface area (TPSA) is 47.3 Å². The molecular formula is C18H22FN3O. The van der Waals surface area contributed by atoms with Crippen LogP contribution in [-0.4, -0.2) is 47.6 Å². The van der Waals surface area contributed by atoms with Crippen LogP contribution in [-0.2, 0) is 11.3 Å². The fraction of sp³-hybridized carbons (Fsp3) is 0.556. The van der Waals surface area contributed by atoms with Crippen LogP contribution in [0.2, 0.25) is 0 Å². The number of benzene rings is 1. The lowest BCUT2D eigenvalue weighted by atomic mass is 9.91. The number of likely N-dealkylation sites (tertiary alicyclic amines) is 2. The monoisotopic (exact) mass is 315 g/mol. The summed E-state index contributed by atoms with van der Waals surface area (Å²) >= 11 is 0. The summed E-state index contributed by atoms with van der Waals surface area (Å²) in [6.45, 7) is 3.26. The van der Waals surface area contributed by atoms with E-state index in [0.29, 0.717) is 38.3 Å². The van der Waals surface area contributed by atoms with Gasteiger partial charge in [-0.2, -0.15) is 5.26 Å². The van der Waals surface area contributed by atoms with E-state index in [0.717, 1.165) is 18.4 Å². The van der Waals surface area contributed by atoms with Crippen molar-refractivity contribution >= 4 is 5.91 Å². The number of halogens is 1. The fourth-order valence-electron chi connectivity index (χ4n) is 3.48. The number of carbonyl (C=O) groups excluding carboxylic acids is 1. The molecule has 1 amide bonds. The van der Waals surface area contributed by atoms with Crippen LogP contribution >= 0.6 is 0 Å². The molecule has 1 aromatic carbocycles. The van der Waals surface area contributed by atoms with Gasteiger partial charge in [0.1, 0.15) is 0 Å². The van der Waals surface area contributed by atoms with Crippen molar-refractivity contribution in [2.24, 2.45) is 0 Å². The van der Waals surface area contributed by atoms with Crippen molar-refractivity contribution in [1.82, 2.24) is 9.80 Å². The molecule has 0 unspecified atom stereocenters. The molecule has 2 saturated heterocycles. The fourth-order valence-corrected chi connectivity index (χ4v) is 3.48. The van der Waals surface area contributed by atoms with Crippen molar-refractivity contribution in [1.29, 1.82) is 5.26 Å². The Labute approximate surface area is 136 Å². The number of hydrogen-bond acceptors (Lipinski definition) is 3. The molecule has 1 aromatic rings. The van der Waals surface area contributed by atoms with Gasteiger partial charge >= 0.3 is 0 Å². The highest BCUT2D eigenvalue weighted by Gasteiger charge is 2.44. The molecule has 0 spiro atoms. The second-order valence-electron chi connectivity index (χ2n) is 6.55. The van der Waals surface area contributed by atoms with E-state index in [9.17, 15) is 9.18 Å². The second kappa shape index (κ2) is 6.67. The molecule has 4 nitrogen and oxygen atoms in total. The van der Waals surface area contributed by atoms with E-state index in [-0.39, 0.29) is 18.7 Å². The molecule has 122 valence electrons. The van der Waals surface area contributed by atoms with E-state index >= 15 is 0 Å². The van der Waals surface area contributed by atoms with E-state index in [2.05, 4.69) is 11.0 Å². The number of amides is 1. The predicted molar refractivity (Wildman–Crippen MR) is 85.3 cm³/mol. The Hall–Kier alpha value is -1.93. The SMILES string of the molecule is N#Cc1cccc(CN2CCC(F)(C(=O)N3CCCC3)CC2)c1. The number of alkyl halides is 1. The number of hydrogen-bond donors (Lipinski definition) is 0. The highest BCUT2D eigenvalue weighted by atomic mass is 19.1. The first-order chi connectivity index (χ1) is 11.1. The molecular weight excluding hydrogens is 293 g/mol. The zero-order chi connectivity index (χ0) is 16.3. The first kappa shape index (κ1) is 15.9. The van der Waals surface area contributed by atoms with Gasteiger partial charge in [-0.3, -0.25) is 9.69 Å². The summed E-state index contributed by atoms with van der Waals surface area (Å²) < 4.78 is 15.0. The maximum absolute atomic E-state index is 15.0. The predicted octanol–water partition coefficient (Wildman–Crippen LogP) is 2.48. The number of piperidine rings is 1. The number of nitriles is 1. The lowest BCUT2D eigenvalue weighted by Gasteiger charge is -2.37. The molecule has 23 heavy (non-hydrogen) atoms. The molecule has 0 saturated carbocycles.